The van der Waals surface area contributed by atoms with Crippen molar-refractivity contribution in [3.8, 4) is 0 Å². The van der Waals surface area contributed by atoms with Gasteiger partial charge in [-0.25, -0.2) is 9.29 Å². The predicted octanol–water partition coefficient (Wildman–Crippen LogP) is 4.67. The van der Waals surface area contributed by atoms with Crippen LogP contribution in [-0.2, 0) is 9.59 Å². The molecule has 0 saturated carbocycles. The van der Waals surface area contributed by atoms with Crippen molar-refractivity contribution in [2.24, 2.45) is 0 Å². The van der Waals surface area contributed by atoms with E-state index in [1.54, 1.807) is 25.1 Å². The lowest BCUT2D eigenvalue weighted by molar-refractivity contribution is -0.123. The van der Waals surface area contributed by atoms with E-state index in [1.807, 2.05) is 49.4 Å². The van der Waals surface area contributed by atoms with Crippen molar-refractivity contribution in [2.75, 3.05) is 4.90 Å². The van der Waals surface area contributed by atoms with Crippen LogP contribution in [0.25, 0.3) is 0 Å². The van der Waals surface area contributed by atoms with Crippen LogP contribution in [0.2, 0.25) is 0 Å². The number of rotatable bonds is 5. The van der Waals surface area contributed by atoms with Gasteiger partial charge in [0.2, 0.25) is 5.91 Å². The van der Waals surface area contributed by atoms with E-state index in [9.17, 15) is 18.8 Å². The Labute approximate surface area is 186 Å². The van der Waals surface area contributed by atoms with Crippen LogP contribution in [0.15, 0.2) is 78.9 Å². The summed E-state index contributed by atoms with van der Waals surface area (Å²) in [5, 5.41) is 0. The average molecular weight is 430 g/mol. The molecule has 0 aliphatic carbocycles. The first-order chi connectivity index (χ1) is 15.4. The van der Waals surface area contributed by atoms with Gasteiger partial charge in [0.1, 0.15) is 11.9 Å². The smallest absolute Gasteiger partial charge is 0.258 e. The molecule has 3 aromatic rings. The Hall–Kier alpha value is -3.80. The highest BCUT2D eigenvalue weighted by Gasteiger charge is 2.46. The number of nitrogens with zero attached hydrogens (tertiary/aromatic N) is 2. The van der Waals surface area contributed by atoms with Gasteiger partial charge in [-0.15, -0.1) is 0 Å². The van der Waals surface area contributed by atoms with Gasteiger partial charge in [-0.1, -0.05) is 60.2 Å². The summed E-state index contributed by atoms with van der Waals surface area (Å²) in [5.74, 6) is -2.19. The minimum atomic E-state index is -1.04. The maximum absolute atomic E-state index is 14.5. The summed E-state index contributed by atoms with van der Waals surface area (Å²) < 4.78 is 14.5. The fraction of sp³-hybridized carbons (Fsp3) is 0.192. The number of imide groups is 1. The third-order valence-electron chi connectivity index (χ3n) is 5.79. The summed E-state index contributed by atoms with van der Waals surface area (Å²) in [4.78, 5) is 42.2. The SMILES string of the molecule is Cc1ccc(N2C(=O)CC(N(C(=O)c3ccccc3F)C(C)c3ccccc3)C2=O)cc1. The average Bonchev–Trinajstić information content (AvgIpc) is 3.09. The van der Waals surface area contributed by atoms with Crippen LogP contribution in [0, 0.1) is 12.7 Å². The second kappa shape index (κ2) is 8.75. The molecule has 1 aliphatic rings. The van der Waals surface area contributed by atoms with Gasteiger partial charge in [-0.05, 0) is 43.7 Å². The number of aryl methyl sites for hydroxylation is 1. The number of amides is 3. The van der Waals surface area contributed by atoms with Crippen molar-refractivity contribution in [2.45, 2.75) is 32.4 Å². The van der Waals surface area contributed by atoms with Crippen LogP contribution >= 0.6 is 0 Å². The van der Waals surface area contributed by atoms with E-state index in [2.05, 4.69) is 0 Å². The van der Waals surface area contributed by atoms with Gasteiger partial charge in [0.15, 0.2) is 0 Å². The molecule has 1 aliphatic heterocycles. The number of anilines is 1. The zero-order chi connectivity index (χ0) is 22.8. The lowest BCUT2D eigenvalue weighted by atomic mass is 10.0. The number of carbonyl (C=O) groups is 3. The fourth-order valence-electron chi connectivity index (χ4n) is 4.05. The van der Waals surface area contributed by atoms with Crippen molar-refractivity contribution < 1.29 is 18.8 Å². The van der Waals surface area contributed by atoms with Gasteiger partial charge in [-0.3, -0.25) is 14.4 Å². The topological polar surface area (TPSA) is 57.7 Å². The molecule has 6 heteroatoms. The van der Waals surface area contributed by atoms with Crippen molar-refractivity contribution in [1.29, 1.82) is 0 Å². The Balaban J connectivity index is 1.75. The molecule has 0 bridgehead atoms. The van der Waals surface area contributed by atoms with Gasteiger partial charge in [0.05, 0.1) is 23.7 Å². The predicted molar refractivity (Wildman–Crippen MR) is 120 cm³/mol. The van der Waals surface area contributed by atoms with Gasteiger partial charge < -0.3 is 4.90 Å². The standard InChI is InChI=1S/C26H23FN2O3/c1-17-12-14-20(15-13-17)29-24(30)16-23(26(29)32)28(18(2)19-8-4-3-5-9-19)25(31)21-10-6-7-11-22(21)27/h3-15,18,23H,16H2,1-2H3. The molecule has 1 heterocycles. The summed E-state index contributed by atoms with van der Waals surface area (Å²) >= 11 is 0. The number of halogens is 1. The minimum absolute atomic E-state index is 0.135. The molecule has 0 radical (unpaired) electrons. The molecule has 4 rings (SSSR count). The van der Waals surface area contributed by atoms with Gasteiger partial charge in [0, 0.05) is 0 Å². The normalized spacial score (nSPS) is 16.8. The summed E-state index contributed by atoms with van der Waals surface area (Å²) in [5.41, 5.74) is 2.10. The Morgan fingerprint density at radius 3 is 2.25 bits per heavy atom. The van der Waals surface area contributed by atoms with Crippen LogP contribution in [-0.4, -0.2) is 28.7 Å². The quantitative estimate of drug-likeness (QED) is 0.553. The Bertz CT molecular complexity index is 1160. The molecule has 5 nitrogen and oxygen atoms in total. The molecular weight excluding hydrogens is 407 g/mol. The summed E-state index contributed by atoms with van der Waals surface area (Å²) in [6.45, 7) is 3.69. The zero-order valence-corrected chi connectivity index (χ0v) is 17.9. The molecule has 0 aromatic heterocycles. The minimum Gasteiger partial charge on any atom is -0.319 e. The van der Waals surface area contributed by atoms with Crippen molar-refractivity contribution in [1.82, 2.24) is 4.90 Å². The zero-order valence-electron chi connectivity index (χ0n) is 17.9. The molecule has 162 valence electrons. The van der Waals surface area contributed by atoms with Gasteiger partial charge in [0.25, 0.3) is 11.8 Å². The third-order valence-corrected chi connectivity index (χ3v) is 5.79. The number of hydrogen-bond acceptors (Lipinski definition) is 3. The fourth-order valence-corrected chi connectivity index (χ4v) is 4.05. The number of benzene rings is 3. The molecule has 0 spiro atoms. The maximum atomic E-state index is 14.5. The lowest BCUT2D eigenvalue weighted by Crippen LogP contribution is -2.47. The largest absolute Gasteiger partial charge is 0.319 e. The van der Waals surface area contributed by atoms with Crippen molar-refractivity contribution in [3.63, 3.8) is 0 Å². The molecule has 32 heavy (non-hydrogen) atoms. The molecule has 2 unspecified atom stereocenters. The highest BCUT2D eigenvalue weighted by Crippen LogP contribution is 2.32. The highest BCUT2D eigenvalue weighted by molar-refractivity contribution is 6.23. The van der Waals surface area contributed by atoms with E-state index in [0.29, 0.717) is 5.69 Å². The molecule has 3 aromatic carbocycles. The molecular formula is C26H23FN2O3. The first-order valence-electron chi connectivity index (χ1n) is 10.4. The Morgan fingerprint density at radius 1 is 0.969 bits per heavy atom. The van der Waals surface area contributed by atoms with E-state index in [4.69, 9.17) is 0 Å². The van der Waals surface area contributed by atoms with E-state index in [-0.39, 0.29) is 12.0 Å². The Kier molecular flexibility index (Phi) is 5.86. The molecule has 1 fully saturated rings. The first-order valence-corrected chi connectivity index (χ1v) is 10.4. The van der Waals surface area contributed by atoms with Crippen molar-refractivity contribution in [3.05, 3.63) is 101 Å². The molecule has 2 atom stereocenters. The van der Waals surface area contributed by atoms with E-state index < -0.39 is 35.6 Å². The number of hydrogen-bond donors (Lipinski definition) is 0. The van der Waals surface area contributed by atoms with Crippen LogP contribution in [0.1, 0.15) is 40.9 Å². The molecule has 0 N–H and O–H groups in total. The van der Waals surface area contributed by atoms with Crippen LogP contribution in [0.5, 0.6) is 0 Å². The Morgan fingerprint density at radius 2 is 1.59 bits per heavy atom. The second-order valence-electron chi connectivity index (χ2n) is 7.90. The van der Waals surface area contributed by atoms with E-state index in [0.717, 1.165) is 16.0 Å². The molecule has 3 amide bonds. The van der Waals surface area contributed by atoms with E-state index in [1.165, 1.54) is 23.1 Å². The first kappa shape index (κ1) is 21.4. The summed E-state index contributed by atoms with van der Waals surface area (Å²) in [6, 6.07) is 20.3. The summed E-state index contributed by atoms with van der Waals surface area (Å²) in [7, 11) is 0. The number of carbonyl (C=O) groups excluding carboxylic acids is 3. The second-order valence-corrected chi connectivity index (χ2v) is 7.90. The van der Waals surface area contributed by atoms with Crippen LogP contribution in [0.3, 0.4) is 0 Å². The molecule has 1 saturated heterocycles. The van der Waals surface area contributed by atoms with Crippen LogP contribution < -0.4 is 4.90 Å². The van der Waals surface area contributed by atoms with Gasteiger partial charge >= 0.3 is 0 Å². The third kappa shape index (κ3) is 3.91. The lowest BCUT2D eigenvalue weighted by Gasteiger charge is -2.33. The summed E-state index contributed by atoms with van der Waals surface area (Å²) in [6.07, 6.45) is -0.163. The van der Waals surface area contributed by atoms with Gasteiger partial charge in [-0.2, -0.15) is 0 Å². The van der Waals surface area contributed by atoms with Crippen LogP contribution in [0.4, 0.5) is 10.1 Å². The monoisotopic (exact) mass is 430 g/mol. The maximum Gasteiger partial charge on any atom is 0.258 e. The highest BCUT2D eigenvalue weighted by atomic mass is 19.1. The van der Waals surface area contributed by atoms with E-state index >= 15 is 0 Å². The van der Waals surface area contributed by atoms with Crippen molar-refractivity contribution >= 4 is 23.4 Å².